The van der Waals surface area contributed by atoms with Crippen molar-refractivity contribution in [3.05, 3.63) is 47.8 Å². The van der Waals surface area contributed by atoms with Gasteiger partial charge in [0, 0.05) is 12.6 Å². The summed E-state index contributed by atoms with van der Waals surface area (Å²) in [6.07, 6.45) is 5.19. The van der Waals surface area contributed by atoms with Gasteiger partial charge in [0.2, 0.25) is 0 Å². The van der Waals surface area contributed by atoms with Gasteiger partial charge in [0.1, 0.15) is 23.7 Å². The van der Waals surface area contributed by atoms with Gasteiger partial charge in [-0.1, -0.05) is 24.6 Å². The maximum Gasteiger partial charge on any atom is 0.272 e. The van der Waals surface area contributed by atoms with Crippen molar-refractivity contribution >= 4 is 5.91 Å². The van der Waals surface area contributed by atoms with Crippen molar-refractivity contribution < 1.29 is 9.53 Å². The highest BCUT2D eigenvalue weighted by Gasteiger charge is 2.45. The van der Waals surface area contributed by atoms with Crippen LogP contribution in [0.15, 0.2) is 36.4 Å². The van der Waals surface area contributed by atoms with Gasteiger partial charge >= 0.3 is 0 Å². The monoisotopic (exact) mass is 337 g/mol. The zero-order valence-electron chi connectivity index (χ0n) is 14.3. The van der Waals surface area contributed by atoms with E-state index in [1.807, 2.05) is 41.1 Å². The van der Waals surface area contributed by atoms with Gasteiger partial charge in [0.05, 0.1) is 6.54 Å². The van der Waals surface area contributed by atoms with Gasteiger partial charge < -0.3 is 9.64 Å². The summed E-state index contributed by atoms with van der Waals surface area (Å²) in [6.45, 7) is 1.98. The number of hydrogen-bond donors (Lipinski definition) is 0. The van der Waals surface area contributed by atoms with Crippen LogP contribution in [0.2, 0.25) is 0 Å². The molecule has 2 bridgehead atoms. The zero-order chi connectivity index (χ0) is 16.8. The number of hydrogen-bond acceptors (Lipinski definition) is 3. The van der Waals surface area contributed by atoms with Crippen molar-refractivity contribution in [3.8, 4) is 5.75 Å². The maximum atomic E-state index is 13.0. The SMILES string of the molecule is O=C1c2cc(COc3ccccc3)nn2CCN1[C@@H]1CC2CCC1C2. The highest BCUT2D eigenvalue weighted by Crippen LogP contribution is 2.47. The lowest BCUT2D eigenvalue weighted by Gasteiger charge is -2.37. The molecule has 0 spiro atoms. The van der Waals surface area contributed by atoms with Crippen LogP contribution in [0.3, 0.4) is 0 Å². The van der Waals surface area contributed by atoms with E-state index in [0.29, 0.717) is 12.6 Å². The van der Waals surface area contributed by atoms with Gasteiger partial charge in [-0.2, -0.15) is 5.10 Å². The molecule has 1 aromatic heterocycles. The number of nitrogens with zero attached hydrogens (tertiary/aromatic N) is 3. The fraction of sp³-hybridized carbons (Fsp3) is 0.500. The largest absolute Gasteiger partial charge is 0.487 e. The highest BCUT2D eigenvalue weighted by atomic mass is 16.5. The van der Waals surface area contributed by atoms with E-state index in [0.717, 1.165) is 42.1 Å². The summed E-state index contributed by atoms with van der Waals surface area (Å²) >= 11 is 0. The Labute approximate surface area is 147 Å². The molecule has 130 valence electrons. The molecule has 3 atom stereocenters. The number of rotatable bonds is 4. The molecular weight excluding hydrogens is 314 g/mol. The first-order valence-corrected chi connectivity index (χ1v) is 9.33. The Hall–Kier alpha value is -2.30. The second-order valence-corrected chi connectivity index (χ2v) is 7.59. The highest BCUT2D eigenvalue weighted by molar-refractivity contribution is 5.93. The molecule has 3 aliphatic rings. The van der Waals surface area contributed by atoms with Crippen LogP contribution in [-0.4, -0.2) is 33.2 Å². The number of para-hydroxylation sites is 1. The number of benzene rings is 1. The van der Waals surface area contributed by atoms with Gasteiger partial charge in [0.15, 0.2) is 0 Å². The maximum absolute atomic E-state index is 13.0. The number of carbonyl (C=O) groups is 1. The summed E-state index contributed by atoms with van der Waals surface area (Å²) in [5.41, 5.74) is 1.54. The van der Waals surface area contributed by atoms with Gasteiger partial charge in [-0.05, 0) is 49.3 Å². The lowest BCUT2D eigenvalue weighted by molar-refractivity contribution is 0.0537. The summed E-state index contributed by atoms with van der Waals surface area (Å²) in [4.78, 5) is 15.1. The number of ether oxygens (including phenoxy) is 1. The first-order chi connectivity index (χ1) is 12.3. The summed E-state index contributed by atoms with van der Waals surface area (Å²) in [7, 11) is 0. The zero-order valence-corrected chi connectivity index (χ0v) is 14.3. The summed E-state index contributed by atoms with van der Waals surface area (Å²) < 4.78 is 7.63. The second kappa shape index (κ2) is 5.90. The minimum Gasteiger partial charge on any atom is -0.487 e. The van der Waals surface area contributed by atoms with Crippen molar-refractivity contribution in [2.24, 2.45) is 11.8 Å². The van der Waals surface area contributed by atoms with Crippen LogP contribution in [-0.2, 0) is 13.2 Å². The summed E-state index contributed by atoms with van der Waals surface area (Å²) in [5, 5.41) is 4.57. The Balaban J connectivity index is 1.31. The molecule has 2 aliphatic carbocycles. The van der Waals surface area contributed by atoms with Gasteiger partial charge in [0.25, 0.3) is 5.91 Å². The van der Waals surface area contributed by atoms with Crippen molar-refractivity contribution in [2.45, 2.75) is 44.9 Å². The van der Waals surface area contributed by atoms with E-state index in [1.165, 1.54) is 25.7 Å². The first-order valence-electron chi connectivity index (χ1n) is 9.33. The Bertz CT molecular complexity index is 785. The fourth-order valence-corrected chi connectivity index (χ4v) is 4.92. The third kappa shape index (κ3) is 2.62. The van der Waals surface area contributed by atoms with Crippen LogP contribution in [0.4, 0.5) is 0 Å². The Morgan fingerprint density at radius 2 is 2.00 bits per heavy atom. The molecule has 1 aliphatic heterocycles. The Morgan fingerprint density at radius 1 is 1.12 bits per heavy atom. The molecule has 2 unspecified atom stereocenters. The van der Waals surface area contributed by atoms with Crippen LogP contribution in [0, 0.1) is 11.8 Å². The molecule has 0 radical (unpaired) electrons. The van der Waals surface area contributed by atoms with E-state index in [1.54, 1.807) is 0 Å². The predicted molar refractivity (Wildman–Crippen MR) is 93.3 cm³/mol. The molecule has 5 rings (SSSR count). The summed E-state index contributed by atoms with van der Waals surface area (Å²) in [6, 6.07) is 12.1. The van der Waals surface area contributed by atoms with E-state index in [2.05, 4.69) is 10.00 Å². The number of carbonyl (C=O) groups excluding carboxylic acids is 1. The minimum absolute atomic E-state index is 0.155. The quantitative estimate of drug-likeness (QED) is 0.861. The lowest BCUT2D eigenvalue weighted by atomic mass is 9.93. The molecule has 5 nitrogen and oxygen atoms in total. The van der Waals surface area contributed by atoms with Crippen molar-refractivity contribution in [2.75, 3.05) is 6.54 Å². The fourth-order valence-electron chi connectivity index (χ4n) is 4.92. The number of aromatic nitrogens is 2. The molecule has 0 saturated heterocycles. The molecular formula is C20H23N3O2. The average molecular weight is 337 g/mol. The van der Waals surface area contributed by atoms with E-state index in [9.17, 15) is 4.79 Å². The standard InChI is InChI=1S/C20H23N3O2/c24-20-19-12-16(13-25-17-4-2-1-3-5-17)21-23(19)9-8-22(20)18-11-14-6-7-15(18)10-14/h1-5,12,14-15,18H,6-11,13H2/t14?,15?,18-/m1/s1. The lowest BCUT2D eigenvalue weighted by Crippen LogP contribution is -2.48. The van der Waals surface area contributed by atoms with Gasteiger partial charge in [-0.3, -0.25) is 9.48 Å². The smallest absolute Gasteiger partial charge is 0.272 e. The number of fused-ring (bicyclic) bond motifs is 3. The van der Waals surface area contributed by atoms with E-state index < -0.39 is 0 Å². The van der Waals surface area contributed by atoms with Crippen molar-refractivity contribution in [3.63, 3.8) is 0 Å². The molecule has 25 heavy (non-hydrogen) atoms. The van der Waals surface area contributed by atoms with Crippen LogP contribution in [0.5, 0.6) is 5.75 Å². The van der Waals surface area contributed by atoms with Crippen LogP contribution < -0.4 is 4.74 Å². The van der Waals surface area contributed by atoms with Crippen molar-refractivity contribution in [1.82, 2.24) is 14.7 Å². The molecule has 2 saturated carbocycles. The van der Waals surface area contributed by atoms with Crippen LogP contribution in [0.25, 0.3) is 0 Å². The van der Waals surface area contributed by atoms with Crippen LogP contribution in [0.1, 0.15) is 41.9 Å². The molecule has 2 aromatic rings. The molecule has 1 amide bonds. The molecule has 5 heteroatoms. The van der Waals surface area contributed by atoms with E-state index in [4.69, 9.17) is 4.74 Å². The normalized spacial score (nSPS) is 27.6. The van der Waals surface area contributed by atoms with Gasteiger partial charge in [-0.15, -0.1) is 0 Å². The Morgan fingerprint density at radius 3 is 2.76 bits per heavy atom. The van der Waals surface area contributed by atoms with Crippen LogP contribution >= 0.6 is 0 Å². The molecule has 2 fully saturated rings. The molecule has 0 N–H and O–H groups in total. The average Bonchev–Trinajstić information content (AvgIpc) is 3.36. The Kier molecular flexibility index (Phi) is 3.54. The molecule has 2 heterocycles. The number of amides is 1. The predicted octanol–water partition coefficient (Wildman–Crippen LogP) is 3.11. The third-order valence-corrected chi connectivity index (χ3v) is 6.09. The van der Waals surface area contributed by atoms with Gasteiger partial charge in [-0.25, -0.2) is 0 Å². The van der Waals surface area contributed by atoms with Crippen molar-refractivity contribution in [1.29, 1.82) is 0 Å². The van der Waals surface area contributed by atoms with E-state index in [-0.39, 0.29) is 5.91 Å². The van der Waals surface area contributed by atoms with E-state index >= 15 is 0 Å². The minimum atomic E-state index is 0.155. The molecule has 1 aromatic carbocycles. The topological polar surface area (TPSA) is 47.4 Å². The summed E-state index contributed by atoms with van der Waals surface area (Å²) in [5.74, 6) is 2.56. The third-order valence-electron chi connectivity index (χ3n) is 6.09. The first kappa shape index (κ1) is 15.0. The second-order valence-electron chi connectivity index (χ2n) is 7.59.